The van der Waals surface area contributed by atoms with Crippen molar-refractivity contribution in [2.24, 2.45) is 0 Å². The van der Waals surface area contributed by atoms with Crippen LogP contribution in [0.5, 0.6) is 0 Å². The third kappa shape index (κ3) is 5.62. The monoisotopic (exact) mass is 575 g/mol. The summed E-state index contributed by atoms with van der Waals surface area (Å²) in [6.07, 6.45) is 5.66. The highest BCUT2D eigenvalue weighted by Gasteiger charge is 2.27. The van der Waals surface area contributed by atoms with Crippen molar-refractivity contribution in [3.63, 3.8) is 0 Å². The Morgan fingerprint density at radius 3 is 2.73 bits per heavy atom. The molecular formula is C26H26ClN3O4S3. The number of carbonyl (C=O) groups excluding carboxylic acids is 2. The Morgan fingerprint density at radius 2 is 1.95 bits per heavy atom. The van der Waals surface area contributed by atoms with Crippen molar-refractivity contribution in [1.29, 1.82) is 0 Å². The molecule has 7 nitrogen and oxygen atoms in total. The van der Waals surface area contributed by atoms with Crippen LogP contribution in [-0.2, 0) is 28.8 Å². The predicted octanol–water partition coefficient (Wildman–Crippen LogP) is 5.77. The number of ether oxygens (including phenoxy) is 1. The summed E-state index contributed by atoms with van der Waals surface area (Å²) in [5.74, 6) is 0.196. The van der Waals surface area contributed by atoms with Gasteiger partial charge in [-0.15, -0.1) is 23.1 Å². The van der Waals surface area contributed by atoms with Gasteiger partial charge in [-0.2, -0.15) is 0 Å². The number of rotatable bonds is 7. The molecule has 1 aromatic carbocycles. The van der Waals surface area contributed by atoms with Crippen LogP contribution < -0.4 is 10.9 Å². The normalized spacial score (nSPS) is 14.5. The van der Waals surface area contributed by atoms with Crippen LogP contribution >= 0.6 is 46.5 Å². The van der Waals surface area contributed by atoms with Crippen LogP contribution in [0.1, 0.15) is 52.7 Å². The number of amides is 1. The third-order valence-corrected chi connectivity index (χ3v) is 9.74. The number of nitrogens with one attached hydrogen (secondary N) is 1. The summed E-state index contributed by atoms with van der Waals surface area (Å²) >= 11 is 10.2. The first-order chi connectivity index (χ1) is 18.0. The van der Waals surface area contributed by atoms with Gasteiger partial charge in [-0.05, 0) is 62.4 Å². The van der Waals surface area contributed by atoms with E-state index in [9.17, 15) is 14.4 Å². The maximum atomic E-state index is 13.3. The summed E-state index contributed by atoms with van der Waals surface area (Å²) < 4.78 is 6.87. The summed E-state index contributed by atoms with van der Waals surface area (Å²) in [5, 5.41) is 4.52. The van der Waals surface area contributed by atoms with Crippen molar-refractivity contribution < 1.29 is 14.3 Å². The molecule has 37 heavy (non-hydrogen) atoms. The van der Waals surface area contributed by atoms with E-state index in [0.29, 0.717) is 31.3 Å². The molecule has 11 heteroatoms. The zero-order chi connectivity index (χ0) is 25.9. The Kier molecular flexibility index (Phi) is 8.28. The largest absolute Gasteiger partial charge is 0.462 e. The van der Waals surface area contributed by atoms with Gasteiger partial charge in [-0.25, -0.2) is 9.78 Å². The number of nitrogens with zero attached hydrogens (tertiary/aromatic N) is 2. The molecule has 3 aromatic rings. The average Bonchev–Trinajstić information content (AvgIpc) is 3.41. The first-order valence-corrected chi connectivity index (χ1v) is 15.4. The van der Waals surface area contributed by atoms with E-state index >= 15 is 0 Å². The van der Waals surface area contributed by atoms with Gasteiger partial charge in [0.25, 0.3) is 5.56 Å². The Bertz CT molecular complexity index is 1400. The third-order valence-electron chi connectivity index (χ3n) is 6.24. The Hall–Kier alpha value is -2.27. The number of hydrogen-bond acceptors (Lipinski definition) is 8. The number of thiophene rings is 1. The number of benzene rings is 1. The van der Waals surface area contributed by atoms with Crippen LogP contribution in [0, 0.1) is 0 Å². The average molecular weight is 576 g/mol. The maximum absolute atomic E-state index is 13.3. The van der Waals surface area contributed by atoms with E-state index in [2.05, 4.69) is 5.32 Å². The number of thioether (sulfide) groups is 2. The Morgan fingerprint density at radius 1 is 1.16 bits per heavy atom. The van der Waals surface area contributed by atoms with Gasteiger partial charge >= 0.3 is 5.97 Å². The zero-order valence-electron chi connectivity index (χ0n) is 20.3. The van der Waals surface area contributed by atoms with E-state index in [0.717, 1.165) is 60.4 Å². The molecule has 1 aliphatic carbocycles. The van der Waals surface area contributed by atoms with Crippen molar-refractivity contribution in [2.45, 2.75) is 55.5 Å². The van der Waals surface area contributed by atoms with Gasteiger partial charge in [0.05, 0.1) is 34.2 Å². The summed E-state index contributed by atoms with van der Waals surface area (Å²) in [7, 11) is 0. The fraction of sp³-hybridized carbons (Fsp3) is 0.385. The fourth-order valence-corrected chi connectivity index (χ4v) is 7.82. The quantitative estimate of drug-likeness (QED) is 0.165. The first kappa shape index (κ1) is 26.3. The van der Waals surface area contributed by atoms with Gasteiger partial charge < -0.3 is 10.1 Å². The number of aryl methyl sites for hydroxylation is 2. The highest BCUT2D eigenvalue weighted by atomic mass is 35.5. The molecule has 2 aliphatic rings. The molecule has 1 N–H and O–H groups in total. The Labute approximate surface area is 232 Å². The molecular weight excluding hydrogens is 550 g/mol. The van der Waals surface area contributed by atoms with Crippen molar-refractivity contribution in [3.05, 3.63) is 61.3 Å². The highest BCUT2D eigenvalue weighted by Crippen LogP contribution is 2.38. The van der Waals surface area contributed by atoms with Crippen LogP contribution in [0.15, 0.2) is 39.1 Å². The lowest BCUT2D eigenvalue weighted by atomic mass is 10.1. The second-order valence-electron chi connectivity index (χ2n) is 8.71. The van der Waals surface area contributed by atoms with E-state index < -0.39 is 0 Å². The predicted molar refractivity (Wildman–Crippen MR) is 150 cm³/mol. The molecule has 1 amide bonds. The molecule has 5 rings (SSSR count). The maximum Gasteiger partial charge on any atom is 0.341 e. The number of fused-ring (bicyclic) bond motifs is 2. The molecule has 2 aromatic heterocycles. The summed E-state index contributed by atoms with van der Waals surface area (Å²) in [5.41, 5.74) is 2.79. The van der Waals surface area contributed by atoms with Crippen molar-refractivity contribution in [2.75, 3.05) is 23.4 Å². The summed E-state index contributed by atoms with van der Waals surface area (Å²) in [4.78, 5) is 45.8. The van der Waals surface area contributed by atoms with E-state index in [1.165, 1.54) is 34.9 Å². The van der Waals surface area contributed by atoms with Gasteiger partial charge in [-0.3, -0.25) is 14.2 Å². The van der Waals surface area contributed by atoms with Gasteiger partial charge in [0.2, 0.25) is 5.91 Å². The fourth-order valence-electron chi connectivity index (χ4n) is 4.55. The van der Waals surface area contributed by atoms with Crippen LogP contribution in [0.25, 0.3) is 5.69 Å². The SMILES string of the molecule is CCOC(=O)c1c(NC(=O)CSc2nc3c(c(=O)n2-c2ccc(Cl)cc2)SCC3)sc2c1CCCCC2. The lowest BCUT2D eigenvalue weighted by Gasteiger charge is -2.14. The second kappa shape index (κ2) is 11.6. The molecule has 0 atom stereocenters. The minimum absolute atomic E-state index is 0.0385. The van der Waals surface area contributed by atoms with E-state index in [1.54, 1.807) is 35.8 Å². The topological polar surface area (TPSA) is 90.3 Å². The van der Waals surface area contributed by atoms with Crippen LogP contribution in [0.3, 0.4) is 0 Å². The molecule has 194 valence electrons. The standard InChI is InChI=1S/C26H26ClN3O4S3/c1-2-34-25(33)21-17-6-4-3-5-7-19(17)37-23(21)29-20(31)14-36-26-28-18-12-13-35-22(18)24(32)30(26)16-10-8-15(27)9-11-16/h8-11H,2-7,12-14H2,1H3,(H,29,31). The number of carbonyl (C=O) groups is 2. The number of aromatic nitrogens is 2. The number of esters is 1. The van der Waals surface area contributed by atoms with E-state index in [-0.39, 0.29) is 29.8 Å². The molecule has 0 bridgehead atoms. The first-order valence-electron chi connectivity index (χ1n) is 12.2. The van der Waals surface area contributed by atoms with E-state index in [1.807, 2.05) is 0 Å². The molecule has 3 heterocycles. The van der Waals surface area contributed by atoms with Crippen molar-refractivity contribution in [3.8, 4) is 5.69 Å². The number of anilines is 1. The molecule has 0 saturated heterocycles. The molecule has 0 unspecified atom stereocenters. The molecule has 0 fully saturated rings. The van der Waals surface area contributed by atoms with E-state index in [4.69, 9.17) is 21.3 Å². The van der Waals surface area contributed by atoms with Crippen molar-refractivity contribution >= 4 is 63.3 Å². The van der Waals surface area contributed by atoms with Crippen LogP contribution in [-0.4, -0.2) is 39.5 Å². The van der Waals surface area contributed by atoms with Crippen LogP contribution in [0.4, 0.5) is 5.00 Å². The number of hydrogen-bond donors (Lipinski definition) is 1. The molecule has 1 aliphatic heterocycles. The Balaban J connectivity index is 1.40. The molecule has 0 spiro atoms. The lowest BCUT2D eigenvalue weighted by molar-refractivity contribution is -0.113. The number of halogens is 1. The molecule has 0 saturated carbocycles. The lowest BCUT2D eigenvalue weighted by Crippen LogP contribution is -2.24. The van der Waals surface area contributed by atoms with Gasteiger partial charge in [-0.1, -0.05) is 29.8 Å². The minimum Gasteiger partial charge on any atom is -0.462 e. The smallest absolute Gasteiger partial charge is 0.341 e. The zero-order valence-corrected chi connectivity index (χ0v) is 23.5. The van der Waals surface area contributed by atoms with Gasteiger partial charge in [0.15, 0.2) is 5.16 Å². The minimum atomic E-state index is -0.390. The van der Waals surface area contributed by atoms with Gasteiger partial charge in [0, 0.05) is 22.1 Å². The van der Waals surface area contributed by atoms with Gasteiger partial charge in [0.1, 0.15) is 5.00 Å². The van der Waals surface area contributed by atoms with Crippen LogP contribution in [0.2, 0.25) is 5.02 Å². The summed E-state index contributed by atoms with van der Waals surface area (Å²) in [6.45, 7) is 2.05. The summed E-state index contributed by atoms with van der Waals surface area (Å²) in [6, 6.07) is 6.99. The second-order valence-corrected chi connectivity index (χ2v) is 12.3. The molecule has 0 radical (unpaired) electrons. The highest BCUT2D eigenvalue weighted by molar-refractivity contribution is 8.00. The van der Waals surface area contributed by atoms with Crippen molar-refractivity contribution in [1.82, 2.24) is 9.55 Å².